The molecule has 1 heterocycles. The van der Waals surface area contributed by atoms with E-state index in [0.29, 0.717) is 16.8 Å². The lowest BCUT2D eigenvalue weighted by Crippen LogP contribution is -2.07. The summed E-state index contributed by atoms with van der Waals surface area (Å²) >= 11 is 1.36. The first-order valence-corrected chi connectivity index (χ1v) is 10.4. The van der Waals surface area contributed by atoms with Crippen LogP contribution in [0.5, 0.6) is 0 Å². The van der Waals surface area contributed by atoms with Crippen LogP contribution >= 0.6 is 11.8 Å². The zero-order chi connectivity index (χ0) is 18.5. The van der Waals surface area contributed by atoms with Gasteiger partial charge >= 0.3 is 0 Å². The molecule has 0 spiro atoms. The molecule has 6 heteroatoms. The van der Waals surface area contributed by atoms with Gasteiger partial charge in [-0.3, -0.25) is 4.79 Å². The van der Waals surface area contributed by atoms with Crippen LogP contribution in [-0.2, 0) is 0 Å². The van der Waals surface area contributed by atoms with Crippen molar-refractivity contribution in [1.82, 2.24) is 20.2 Å². The highest BCUT2D eigenvalue weighted by Gasteiger charge is 2.17. The van der Waals surface area contributed by atoms with E-state index in [4.69, 9.17) is 0 Å². The minimum absolute atomic E-state index is 0.0952. The molecule has 0 unspecified atom stereocenters. The predicted octanol–water partition coefficient (Wildman–Crippen LogP) is 4.69. The number of carbonyl (C=O) groups excluding carboxylic acids is 1. The van der Waals surface area contributed by atoms with Gasteiger partial charge in [0.15, 0.2) is 5.78 Å². The second kappa shape index (κ2) is 8.48. The minimum atomic E-state index is 0.0952. The third-order valence-corrected chi connectivity index (χ3v) is 6.00. The lowest BCUT2D eigenvalue weighted by molar-refractivity contribution is 0.102. The number of rotatable bonds is 6. The van der Waals surface area contributed by atoms with Crippen molar-refractivity contribution in [1.29, 1.82) is 0 Å². The largest absolute Gasteiger partial charge is 0.293 e. The summed E-state index contributed by atoms with van der Waals surface area (Å²) in [5.41, 5.74) is 3.00. The van der Waals surface area contributed by atoms with Crippen LogP contribution in [0, 0.1) is 0 Å². The second-order valence-electron chi connectivity index (χ2n) is 6.88. The summed E-state index contributed by atoms with van der Waals surface area (Å²) in [7, 11) is 0. The van der Waals surface area contributed by atoms with Crippen LogP contribution < -0.4 is 0 Å². The van der Waals surface area contributed by atoms with Crippen molar-refractivity contribution in [2.75, 3.05) is 5.75 Å². The Labute approximate surface area is 163 Å². The van der Waals surface area contributed by atoms with E-state index < -0.39 is 0 Å². The van der Waals surface area contributed by atoms with E-state index in [9.17, 15) is 4.79 Å². The second-order valence-corrected chi connectivity index (χ2v) is 7.82. The molecule has 4 rings (SSSR count). The van der Waals surface area contributed by atoms with E-state index in [0.717, 1.165) is 11.3 Å². The van der Waals surface area contributed by atoms with Gasteiger partial charge in [0.1, 0.15) is 0 Å². The van der Waals surface area contributed by atoms with Crippen molar-refractivity contribution in [3.05, 3.63) is 65.7 Å². The Kier molecular flexibility index (Phi) is 5.63. The Hall–Kier alpha value is -2.47. The van der Waals surface area contributed by atoms with Gasteiger partial charge in [0.2, 0.25) is 5.16 Å². The van der Waals surface area contributed by atoms with Gasteiger partial charge in [0.25, 0.3) is 0 Å². The smallest absolute Gasteiger partial charge is 0.214 e. The van der Waals surface area contributed by atoms with E-state index in [-0.39, 0.29) is 5.78 Å². The van der Waals surface area contributed by atoms with Crippen molar-refractivity contribution in [2.24, 2.45) is 0 Å². The lowest BCUT2D eigenvalue weighted by Gasteiger charge is -2.22. The summed E-state index contributed by atoms with van der Waals surface area (Å²) < 4.78 is 1.66. The van der Waals surface area contributed by atoms with E-state index >= 15 is 0 Å². The van der Waals surface area contributed by atoms with Gasteiger partial charge in [-0.25, -0.2) is 0 Å². The van der Waals surface area contributed by atoms with Crippen molar-refractivity contribution < 1.29 is 4.79 Å². The number of hydrogen-bond donors (Lipinski definition) is 0. The van der Waals surface area contributed by atoms with Gasteiger partial charge < -0.3 is 0 Å². The summed E-state index contributed by atoms with van der Waals surface area (Å²) in [6.07, 6.45) is 6.53. The molecular weight excluding hydrogens is 356 g/mol. The number of benzene rings is 2. The zero-order valence-corrected chi connectivity index (χ0v) is 15.9. The van der Waals surface area contributed by atoms with E-state index in [1.54, 1.807) is 4.68 Å². The van der Waals surface area contributed by atoms with Crippen LogP contribution in [0.1, 0.15) is 53.9 Å². The predicted molar refractivity (Wildman–Crippen MR) is 106 cm³/mol. The van der Waals surface area contributed by atoms with Gasteiger partial charge in [-0.2, -0.15) is 4.68 Å². The van der Waals surface area contributed by atoms with Crippen LogP contribution in [0.25, 0.3) is 5.69 Å². The highest BCUT2D eigenvalue weighted by atomic mass is 32.2. The van der Waals surface area contributed by atoms with Crippen LogP contribution in [0.3, 0.4) is 0 Å². The average molecular weight is 379 g/mol. The Balaban J connectivity index is 1.39. The molecular formula is C21H22N4OS. The maximum atomic E-state index is 12.6. The van der Waals surface area contributed by atoms with Crippen molar-refractivity contribution in [3.63, 3.8) is 0 Å². The molecule has 0 saturated heterocycles. The highest BCUT2D eigenvalue weighted by Crippen LogP contribution is 2.32. The molecule has 138 valence electrons. The average Bonchev–Trinajstić information content (AvgIpc) is 3.22. The lowest BCUT2D eigenvalue weighted by atomic mass is 9.84. The third-order valence-electron chi connectivity index (χ3n) is 5.08. The Morgan fingerprint density at radius 3 is 2.48 bits per heavy atom. The molecule has 1 aliphatic carbocycles. The maximum absolute atomic E-state index is 12.6. The number of Topliss-reactive ketones (excluding diaryl/α,β-unsaturated/α-hetero) is 1. The Morgan fingerprint density at radius 2 is 1.74 bits per heavy atom. The summed E-state index contributed by atoms with van der Waals surface area (Å²) in [4.78, 5) is 12.6. The Bertz CT molecular complexity index is 886. The molecule has 27 heavy (non-hydrogen) atoms. The number of thioether (sulfide) groups is 1. The fourth-order valence-corrected chi connectivity index (χ4v) is 4.38. The Morgan fingerprint density at radius 1 is 1.00 bits per heavy atom. The van der Waals surface area contributed by atoms with Crippen LogP contribution in [0.2, 0.25) is 0 Å². The molecule has 3 aromatic rings. The fourth-order valence-electron chi connectivity index (χ4n) is 3.59. The van der Waals surface area contributed by atoms with Crippen LogP contribution in [0.4, 0.5) is 0 Å². The topological polar surface area (TPSA) is 60.7 Å². The molecule has 1 aliphatic rings. The summed E-state index contributed by atoms with van der Waals surface area (Å²) in [6, 6.07) is 17.9. The van der Waals surface area contributed by atoms with Gasteiger partial charge in [-0.1, -0.05) is 73.5 Å². The molecule has 0 N–H and O–H groups in total. The first kappa shape index (κ1) is 17.9. The standard InChI is InChI=1S/C21H22N4OS/c26-20(18-13-11-17(12-14-18)16-7-3-1-4-8-16)15-27-21-22-23-24-25(21)19-9-5-2-6-10-19/h2,5-6,9-14,16H,1,3-4,7-8,15H2. The molecule has 0 amide bonds. The normalized spacial score (nSPS) is 15.0. The molecule has 0 radical (unpaired) electrons. The first-order valence-electron chi connectivity index (χ1n) is 9.41. The van der Waals surface area contributed by atoms with Crippen molar-refractivity contribution in [2.45, 2.75) is 43.2 Å². The van der Waals surface area contributed by atoms with Crippen LogP contribution in [-0.4, -0.2) is 31.7 Å². The number of para-hydroxylation sites is 1. The van der Waals surface area contributed by atoms with E-state index in [1.165, 1.54) is 49.4 Å². The number of tetrazole rings is 1. The molecule has 0 atom stereocenters. The van der Waals surface area contributed by atoms with Crippen molar-refractivity contribution in [3.8, 4) is 5.69 Å². The number of carbonyl (C=O) groups is 1. The third kappa shape index (κ3) is 4.27. The highest BCUT2D eigenvalue weighted by molar-refractivity contribution is 7.99. The zero-order valence-electron chi connectivity index (χ0n) is 15.1. The molecule has 1 saturated carbocycles. The summed E-state index contributed by atoms with van der Waals surface area (Å²) in [6.45, 7) is 0. The van der Waals surface area contributed by atoms with Crippen molar-refractivity contribution >= 4 is 17.5 Å². The van der Waals surface area contributed by atoms with Gasteiger partial charge in [-0.05, 0) is 46.9 Å². The minimum Gasteiger partial charge on any atom is -0.293 e. The van der Waals surface area contributed by atoms with Gasteiger partial charge in [-0.15, -0.1) is 5.10 Å². The van der Waals surface area contributed by atoms with E-state index in [1.807, 2.05) is 42.5 Å². The number of hydrogen-bond acceptors (Lipinski definition) is 5. The number of aromatic nitrogens is 4. The summed E-state index contributed by atoms with van der Waals surface area (Å²) in [5.74, 6) is 1.07. The molecule has 2 aromatic carbocycles. The van der Waals surface area contributed by atoms with Crippen LogP contribution in [0.15, 0.2) is 59.8 Å². The van der Waals surface area contributed by atoms with E-state index in [2.05, 4.69) is 27.7 Å². The molecule has 5 nitrogen and oxygen atoms in total. The molecule has 0 bridgehead atoms. The molecule has 0 aliphatic heterocycles. The summed E-state index contributed by atoms with van der Waals surface area (Å²) in [5, 5.41) is 12.4. The number of ketones is 1. The quantitative estimate of drug-likeness (QED) is 0.460. The fraction of sp³-hybridized carbons (Fsp3) is 0.333. The van der Waals surface area contributed by atoms with Gasteiger partial charge in [0.05, 0.1) is 11.4 Å². The SMILES string of the molecule is O=C(CSc1nnnn1-c1ccccc1)c1ccc(C2CCCCC2)cc1. The molecule has 1 aromatic heterocycles. The monoisotopic (exact) mass is 378 g/mol. The van der Waals surface area contributed by atoms with Gasteiger partial charge in [0, 0.05) is 5.56 Å². The first-order chi connectivity index (χ1) is 13.3. The maximum Gasteiger partial charge on any atom is 0.214 e. The molecule has 1 fully saturated rings. The number of nitrogens with zero attached hydrogens (tertiary/aromatic N) is 4.